The van der Waals surface area contributed by atoms with Crippen molar-refractivity contribution in [3.63, 3.8) is 0 Å². The fourth-order valence-corrected chi connectivity index (χ4v) is 3.43. The molecule has 158 valence electrons. The first-order valence-corrected chi connectivity index (χ1v) is 9.55. The Kier molecular flexibility index (Phi) is 6.47. The lowest BCUT2D eigenvalue weighted by molar-refractivity contribution is -0.137. The molecule has 1 N–H and O–H groups in total. The van der Waals surface area contributed by atoms with Crippen LogP contribution in [0.3, 0.4) is 0 Å². The lowest BCUT2D eigenvalue weighted by Gasteiger charge is -2.16. The van der Waals surface area contributed by atoms with Crippen LogP contribution in [0.25, 0.3) is 11.3 Å². The highest BCUT2D eigenvalue weighted by Crippen LogP contribution is 2.29. The molecule has 2 aromatic carbocycles. The fraction of sp³-hybridized carbons (Fsp3) is 0.200. The molecule has 1 aromatic heterocycles. The first-order chi connectivity index (χ1) is 14.1. The Labute approximate surface area is 173 Å². The first-order valence-electron chi connectivity index (χ1n) is 8.67. The first kappa shape index (κ1) is 21.8. The lowest BCUT2D eigenvalue weighted by Crippen LogP contribution is -2.29. The van der Waals surface area contributed by atoms with E-state index in [0.717, 1.165) is 35.6 Å². The molecule has 0 aliphatic rings. The number of hydrogen-bond acceptors (Lipinski definition) is 4. The van der Waals surface area contributed by atoms with Gasteiger partial charge in [0.05, 0.1) is 17.8 Å². The molecule has 0 saturated carbocycles. The molecule has 0 fully saturated rings. The summed E-state index contributed by atoms with van der Waals surface area (Å²) >= 11 is 1.13. The predicted molar refractivity (Wildman–Crippen MR) is 104 cm³/mol. The standard InChI is InChI=1S/C20H16F5N3OS/c1-28(9-12-2-5-14(6-3-12)20(23,24)25)10-18(29)27-19-26-17(11-30-19)13-4-7-15(21)16(22)8-13/h2-8,11H,9-10H2,1H3,(H,26,27,29). The maximum atomic E-state index is 13.4. The van der Waals surface area contributed by atoms with Gasteiger partial charge in [-0.3, -0.25) is 9.69 Å². The van der Waals surface area contributed by atoms with Crippen molar-refractivity contribution in [1.82, 2.24) is 9.88 Å². The number of likely N-dealkylation sites (N-methyl/N-ethyl adjacent to an activating group) is 1. The highest BCUT2D eigenvalue weighted by Gasteiger charge is 2.29. The van der Waals surface area contributed by atoms with Gasteiger partial charge in [0.15, 0.2) is 16.8 Å². The van der Waals surface area contributed by atoms with Crippen LogP contribution in [-0.2, 0) is 17.5 Å². The van der Waals surface area contributed by atoms with Crippen molar-refractivity contribution < 1.29 is 26.7 Å². The van der Waals surface area contributed by atoms with Crippen molar-refractivity contribution in [2.75, 3.05) is 18.9 Å². The number of hydrogen-bond donors (Lipinski definition) is 1. The summed E-state index contributed by atoms with van der Waals surface area (Å²) in [5, 5.41) is 4.51. The van der Waals surface area contributed by atoms with Crippen LogP contribution in [-0.4, -0.2) is 29.4 Å². The zero-order valence-electron chi connectivity index (χ0n) is 15.6. The van der Waals surface area contributed by atoms with Gasteiger partial charge < -0.3 is 5.32 Å². The van der Waals surface area contributed by atoms with Gasteiger partial charge in [0.2, 0.25) is 5.91 Å². The van der Waals surface area contributed by atoms with E-state index >= 15 is 0 Å². The Balaban J connectivity index is 1.55. The molecule has 3 aromatic rings. The van der Waals surface area contributed by atoms with Gasteiger partial charge in [-0.05, 0) is 42.9 Å². The maximum Gasteiger partial charge on any atom is 0.416 e. The van der Waals surface area contributed by atoms with Gasteiger partial charge in [-0.25, -0.2) is 13.8 Å². The molecule has 0 atom stereocenters. The molecule has 1 amide bonds. The van der Waals surface area contributed by atoms with Gasteiger partial charge in [-0.1, -0.05) is 12.1 Å². The molecular formula is C20H16F5N3OS. The van der Waals surface area contributed by atoms with Crippen molar-refractivity contribution in [2.45, 2.75) is 12.7 Å². The van der Waals surface area contributed by atoms with Crippen LogP contribution >= 0.6 is 11.3 Å². The molecule has 10 heteroatoms. The molecule has 4 nitrogen and oxygen atoms in total. The number of alkyl halides is 3. The van der Waals surface area contributed by atoms with Crippen LogP contribution in [0.1, 0.15) is 11.1 Å². The van der Waals surface area contributed by atoms with E-state index in [1.165, 1.54) is 18.2 Å². The Bertz CT molecular complexity index is 1030. The number of thiazole rings is 1. The second kappa shape index (κ2) is 8.88. The quantitative estimate of drug-likeness (QED) is 0.537. The molecular weight excluding hydrogens is 425 g/mol. The molecule has 0 bridgehead atoms. The molecule has 0 spiro atoms. The summed E-state index contributed by atoms with van der Waals surface area (Å²) in [5.41, 5.74) is 0.679. The van der Waals surface area contributed by atoms with Crippen molar-refractivity contribution in [1.29, 1.82) is 0 Å². The SMILES string of the molecule is CN(CC(=O)Nc1nc(-c2ccc(F)c(F)c2)cs1)Cc1ccc(C(F)(F)F)cc1. The minimum absolute atomic E-state index is 0.0128. The highest BCUT2D eigenvalue weighted by atomic mass is 32.1. The van der Waals surface area contributed by atoms with E-state index in [-0.39, 0.29) is 19.0 Å². The van der Waals surface area contributed by atoms with E-state index in [1.54, 1.807) is 17.3 Å². The van der Waals surface area contributed by atoms with Crippen LogP contribution < -0.4 is 5.32 Å². The third-order valence-electron chi connectivity index (χ3n) is 4.11. The minimum atomic E-state index is -4.39. The molecule has 1 heterocycles. The molecule has 0 unspecified atom stereocenters. The van der Waals surface area contributed by atoms with Crippen LogP contribution in [0.15, 0.2) is 47.8 Å². The van der Waals surface area contributed by atoms with E-state index in [9.17, 15) is 26.7 Å². The second-order valence-corrected chi connectivity index (χ2v) is 7.44. The Morgan fingerprint density at radius 3 is 2.43 bits per heavy atom. The average Bonchev–Trinajstić information content (AvgIpc) is 3.11. The molecule has 3 rings (SSSR count). The Morgan fingerprint density at radius 2 is 1.80 bits per heavy atom. The predicted octanol–water partition coefficient (Wildman–Crippen LogP) is 5.18. The van der Waals surface area contributed by atoms with Gasteiger partial charge in [0.1, 0.15) is 0 Å². The summed E-state index contributed by atoms with van der Waals surface area (Å²) in [7, 11) is 1.66. The molecule has 0 radical (unpaired) electrons. The average molecular weight is 441 g/mol. The second-order valence-electron chi connectivity index (χ2n) is 6.58. The normalized spacial score (nSPS) is 11.7. The summed E-state index contributed by atoms with van der Waals surface area (Å²) in [6.07, 6.45) is -4.39. The smallest absolute Gasteiger partial charge is 0.301 e. The molecule has 0 aliphatic heterocycles. The summed E-state index contributed by atoms with van der Waals surface area (Å²) in [6, 6.07) is 8.14. The number of halogens is 5. The zero-order valence-corrected chi connectivity index (χ0v) is 16.5. The van der Waals surface area contributed by atoms with E-state index in [2.05, 4.69) is 10.3 Å². The number of nitrogens with one attached hydrogen (secondary N) is 1. The van der Waals surface area contributed by atoms with Crippen molar-refractivity contribution in [3.8, 4) is 11.3 Å². The number of benzene rings is 2. The largest absolute Gasteiger partial charge is 0.416 e. The minimum Gasteiger partial charge on any atom is -0.301 e. The topological polar surface area (TPSA) is 45.2 Å². The number of nitrogens with zero attached hydrogens (tertiary/aromatic N) is 2. The van der Waals surface area contributed by atoms with Crippen LogP contribution in [0.5, 0.6) is 0 Å². The fourth-order valence-electron chi connectivity index (χ4n) is 2.69. The van der Waals surface area contributed by atoms with E-state index < -0.39 is 23.4 Å². The van der Waals surface area contributed by atoms with Gasteiger partial charge >= 0.3 is 6.18 Å². The summed E-state index contributed by atoms with van der Waals surface area (Å²) in [5.74, 6) is -2.31. The van der Waals surface area contributed by atoms with E-state index in [4.69, 9.17) is 0 Å². The molecule has 0 aliphatic carbocycles. The zero-order chi connectivity index (χ0) is 21.9. The maximum absolute atomic E-state index is 13.4. The number of amides is 1. The summed E-state index contributed by atoms with van der Waals surface area (Å²) in [6.45, 7) is 0.268. The summed E-state index contributed by atoms with van der Waals surface area (Å²) in [4.78, 5) is 18.0. The lowest BCUT2D eigenvalue weighted by atomic mass is 10.1. The van der Waals surface area contributed by atoms with Gasteiger partial charge in [-0.15, -0.1) is 11.3 Å². The number of aromatic nitrogens is 1. The van der Waals surface area contributed by atoms with Crippen molar-refractivity contribution >= 4 is 22.4 Å². The monoisotopic (exact) mass is 441 g/mol. The van der Waals surface area contributed by atoms with Crippen molar-refractivity contribution in [2.24, 2.45) is 0 Å². The van der Waals surface area contributed by atoms with Crippen molar-refractivity contribution in [3.05, 3.63) is 70.6 Å². The molecule has 30 heavy (non-hydrogen) atoms. The van der Waals surface area contributed by atoms with Gasteiger partial charge in [-0.2, -0.15) is 13.2 Å². The molecule has 0 saturated heterocycles. The van der Waals surface area contributed by atoms with Gasteiger partial charge in [0.25, 0.3) is 0 Å². The van der Waals surface area contributed by atoms with Crippen LogP contribution in [0.4, 0.5) is 27.1 Å². The third-order valence-corrected chi connectivity index (χ3v) is 4.87. The van der Waals surface area contributed by atoms with Crippen LogP contribution in [0.2, 0.25) is 0 Å². The number of carbonyl (C=O) groups excluding carboxylic acids is 1. The number of carbonyl (C=O) groups is 1. The van der Waals surface area contributed by atoms with Gasteiger partial charge in [0, 0.05) is 17.5 Å². The van der Waals surface area contributed by atoms with E-state index in [0.29, 0.717) is 22.0 Å². The highest BCUT2D eigenvalue weighted by molar-refractivity contribution is 7.14. The summed E-state index contributed by atoms with van der Waals surface area (Å²) < 4.78 is 64.2. The Morgan fingerprint density at radius 1 is 1.10 bits per heavy atom. The Hall–Kier alpha value is -2.85. The van der Waals surface area contributed by atoms with Crippen LogP contribution in [0, 0.1) is 11.6 Å². The van der Waals surface area contributed by atoms with E-state index in [1.807, 2.05) is 0 Å². The third kappa shape index (κ3) is 5.61. The number of rotatable bonds is 6. The number of anilines is 1.